The van der Waals surface area contributed by atoms with Gasteiger partial charge >= 0.3 is 0 Å². The van der Waals surface area contributed by atoms with Gasteiger partial charge in [0.05, 0.1) is 0 Å². The first-order valence-corrected chi connectivity index (χ1v) is 3.68. The molecule has 1 aliphatic rings. The van der Waals surface area contributed by atoms with E-state index in [0.29, 0.717) is 0 Å². The van der Waals surface area contributed by atoms with Crippen molar-refractivity contribution in [1.29, 1.82) is 0 Å². The van der Waals surface area contributed by atoms with Crippen LogP contribution in [0, 0.1) is 11.8 Å². The third-order valence-electron chi connectivity index (χ3n) is 1.90. The van der Waals surface area contributed by atoms with Crippen molar-refractivity contribution in [2.24, 2.45) is 17.7 Å². The zero-order valence-electron chi connectivity index (χ0n) is 6.30. The summed E-state index contributed by atoms with van der Waals surface area (Å²) in [5.41, 5.74) is 0. The van der Waals surface area contributed by atoms with Crippen LogP contribution in [0.25, 0.3) is 0 Å². The van der Waals surface area contributed by atoms with E-state index in [4.69, 9.17) is 5.84 Å². The Morgan fingerprint density at radius 2 is 1.67 bits per heavy atom. The molecule has 1 aliphatic heterocycles. The van der Waals surface area contributed by atoms with E-state index in [0.717, 1.165) is 24.9 Å². The molecule has 9 heavy (non-hydrogen) atoms. The second kappa shape index (κ2) is 2.67. The number of piperidine rings is 1. The Labute approximate surface area is 57.0 Å². The maximum atomic E-state index is 5.65. The highest BCUT2D eigenvalue weighted by molar-refractivity contribution is 4.70. The van der Waals surface area contributed by atoms with E-state index in [2.05, 4.69) is 13.8 Å². The summed E-state index contributed by atoms with van der Waals surface area (Å²) in [6.07, 6.45) is 1.34. The van der Waals surface area contributed by atoms with E-state index in [1.807, 2.05) is 5.01 Å². The fourth-order valence-electron chi connectivity index (χ4n) is 1.71. The summed E-state index contributed by atoms with van der Waals surface area (Å²) in [6.45, 7) is 6.67. The van der Waals surface area contributed by atoms with Gasteiger partial charge in [0.25, 0.3) is 0 Å². The third kappa shape index (κ3) is 1.95. The predicted octanol–water partition coefficient (Wildman–Crippen LogP) is 0.838. The minimum Gasteiger partial charge on any atom is -0.269 e. The van der Waals surface area contributed by atoms with E-state index < -0.39 is 0 Å². The normalized spacial score (nSPS) is 39.0. The van der Waals surface area contributed by atoms with Gasteiger partial charge in [-0.1, -0.05) is 13.8 Å². The van der Waals surface area contributed by atoms with Gasteiger partial charge in [0.1, 0.15) is 0 Å². The van der Waals surface area contributed by atoms with Crippen LogP contribution in [0.4, 0.5) is 0 Å². The molecular weight excluding hydrogens is 112 g/mol. The van der Waals surface area contributed by atoms with Crippen LogP contribution < -0.4 is 5.84 Å². The van der Waals surface area contributed by atoms with Crippen molar-refractivity contribution in [2.45, 2.75) is 20.3 Å². The van der Waals surface area contributed by atoms with E-state index in [-0.39, 0.29) is 0 Å². The van der Waals surface area contributed by atoms with Gasteiger partial charge in [0.2, 0.25) is 0 Å². The van der Waals surface area contributed by atoms with E-state index in [9.17, 15) is 0 Å². The molecule has 0 aromatic rings. The molecule has 2 atom stereocenters. The van der Waals surface area contributed by atoms with Crippen LogP contribution in [-0.4, -0.2) is 18.1 Å². The Morgan fingerprint density at radius 3 is 2.00 bits per heavy atom. The standard InChI is InChI=1S/C7H16N2/c1-6-3-7(2)5-9(8)4-6/h6-7H,3-5,8H2,1-2H3. The zero-order valence-corrected chi connectivity index (χ0v) is 6.30. The molecule has 1 fully saturated rings. The van der Waals surface area contributed by atoms with E-state index in [1.165, 1.54) is 6.42 Å². The zero-order chi connectivity index (χ0) is 6.85. The molecule has 2 unspecified atom stereocenters. The topological polar surface area (TPSA) is 29.3 Å². The Balaban J connectivity index is 2.34. The molecule has 0 aromatic carbocycles. The average Bonchev–Trinajstić information content (AvgIpc) is 1.59. The molecule has 54 valence electrons. The average molecular weight is 128 g/mol. The third-order valence-corrected chi connectivity index (χ3v) is 1.90. The predicted molar refractivity (Wildman–Crippen MR) is 38.7 cm³/mol. The van der Waals surface area contributed by atoms with Gasteiger partial charge in [0, 0.05) is 13.1 Å². The van der Waals surface area contributed by atoms with Crippen molar-refractivity contribution < 1.29 is 0 Å². The molecular formula is C7H16N2. The summed E-state index contributed by atoms with van der Waals surface area (Å²) in [7, 11) is 0. The van der Waals surface area contributed by atoms with Crippen molar-refractivity contribution in [3.8, 4) is 0 Å². The first-order chi connectivity index (χ1) is 4.18. The summed E-state index contributed by atoms with van der Waals surface area (Å²) < 4.78 is 0. The highest BCUT2D eigenvalue weighted by Crippen LogP contribution is 2.17. The summed E-state index contributed by atoms with van der Waals surface area (Å²) in [5.74, 6) is 7.23. The van der Waals surface area contributed by atoms with Crippen LogP contribution >= 0.6 is 0 Å². The molecule has 0 aliphatic carbocycles. The van der Waals surface area contributed by atoms with Crippen molar-refractivity contribution in [3.05, 3.63) is 0 Å². The van der Waals surface area contributed by atoms with Crippen LogP contribution in [0.3, 0.4) is 0 Å². The van der Waals surface area contributed by atoms with Crippen molar-refractivity contribution in [1.82, 2.24) is 5.01 Å². The highest BCUT2D eigenvalue weighted by Gasteiger charge is 2.18. The number of hydrogen-bond donors (Lipinski definition) is 1. The number of hydrogen-bond acceptors (Lipinski definition) is 2. The van der Waals surface area contributed by atoms with E-state index >= 15 is 0 Å². The summed E-state index contributed by atoms with van der Waals surface area (Å²) in [5, 5.41) is 1.93. The number of rotatable bonds is 0. The molecule has 0 amide bonds. The van der Waals surface area contributed by atoms with Crippen molar-refractivity contribution in [2.75, 3.05) is 13.1 Å². The summed E-state index contributed by atoms with van der Waals surface area (Å²) >= 11 is 0. The lowest BCUT2D eigenvalue weighted by Crippen LogP contribution is -2.43. The smallest absolute Gasteiger partial charge is 0.0154 e. The Hall–Kier alpha value is -0.0800. The van der Waals surface area contributed by atoms with Gasteiger partial charge in [-0.15, -0.1) is 0 Å². The molecule has 2 N–H and O–H groups in total. The lowest BCUT2D eigenvalue weighted by molar-refractivity contribution is 0.143. The van der Waals surface area contributed by atoms with Crippen LogP contribution in [0.15, 0.2) is 0 Å². The van der Waals surface area contributed by atoms with Crippen LogP contribution in [0.1, 0.15) is 20.3 Å². The molecule has 2 heteroatoms. The second-order valence-electron chi connectivity index (χ2n) is 3.40. The molecule has 0 spiro atoms. The van der Waals surface area contributed by atoms with Crippen LogP contribution in [-0.2, 0) is 0 Å². The highest BCUT2D eigenvalue weighted by atomic mass is 15.4. The lowest BCUT2D eigenvalue weighted by Gasteiger charge is -2.31. The second-order valence-corrected chi connectivity index (χ2v) is 3.40. The summed E-state index contributed by atoms with van der Waals surface area (Å²) in [4.78, 5) is 0. The van der Waals surface area contributed by atoms with Gasteiger partial charge in [-0.05, 0) is 18.3 Å². The number of hydrazine groups is 1. The largest absolute Gasteiger partial charge is 0.269 e. The fraction of sp³-hybridized carbons (Fsp3) is 1.00. The van der Waals surface area contributed by atoms with Gasteiger partial charge in [-0.2, -0.15) is 0 Å². The maximum Gasteiger partial charge on any atom is 0.0154 e. The molecule has 2 nitrogen and oxygen atoms in total. The number of nitrogens with zero attached hydrogens (tertiary/aromatic N) is 1. The first-order valence-electron chi connectivity index (χ1n) is 3.68. The lowest BCUT2D eigenvalue weighted by atomic mass is 9.93. The first kappa shape index (κ1) is 7.03. The Kier molecular flexibility index (Phi) is 2.09. The minimum atomic E-state index is 0.791. The monoisotopic (exact) mass is 128 g/mol. The summed E-state index contributed by atoms with van der Waals surface area (Å²) in [6, 6.07) is 0. The molecule has 1 heterocycles. The molecule has 0 radical (unpaired) electrons. The molecule has 1 rings (SSSR count). The van der Waals surface area contributed by atoms with Gasteiger partial charge in [-0.3, -0.25) is 5.84 Å². The fourth-order valence-corrected chi connectivity index (χ4v) is 1.71. The van der Waals surface area contributed by atoms with Gasteiger partial charge < -0.3 is 0 Å². The van der Waals surface area contributed by atoms with Crippen molar-refractivity contribution >= 4 is 0 Å². The van der Waals surface area contributed by atoms with Crippen LogP contribution in [0.5, 0.6) is 0 Å². The van der Waals surface area contributed by atoms with Gasteiger partial charge in [-0.25, -0.2) is 5.01 Å². The minimum absolute atomic E-state index is 0.791. The molecule has 1 saturated heterocycles. The Morgan fingerprint density at radius 1 is 1.22 bits per heavy atom. The number of nitrogens with two attached hydrogens (primary N) is 1. The molecule has 0 bridgehead atoms. The SMILES string of the molecule is CC1CC(C)CN(N)C1. The van der Waals surface area contributed by atoms with Gasteiger partial charge in [0.15, 0.2) is 0 Å². The van der Waals surface area contributed by atoms with E-state index in [1.54, 1.807) is 0 Å². The van der Waals surface area contributed by atoms with Crippen molar-refractivity contribution in [3.63, 3.8) is 0 Å². The molecule has 0 aromatic heterocycles. The maximum absolute atomic E-state index is 5.65. The van der Waals surface area contributed by atoms with Crippen LogP contribution in [0.2, 0.25) is 0 Å². The Bertz CT molecular complexity index is 67.9. The quantitative estimate of drug-likeness (QED) is 0.490. The molecule has 0 saturated carbocycles.